The molecule has 1 aromatic rings. The number of hydrogen-bond donors (Lipinski definition) is 2. The SMILES string of the molecule is C=CCN(CC=C)C(CN=C(NCC)NCCc1cccc(C(=O)N(C)C)c1)C(C)C.I. The molecular weight excluding hydrogens is 513 g/mol. The molecule has 0 aliphatic carbocycles. The number of benzene rings is 1. The molecule has 0 fully saturated rings. The van der Waals surface area contributed by atoms with Crippen molar-refractivity contribution in [2.75, 3.05) is 46.8 Å². The van der Waals surface area contributed by atoms with Crippen molar-refractivity contribution in [2.24, 2.45) is 10.9 Å². The molecular formula is C25H42IN5O. The average Bonchev–Trinajstić information content (AvgIpc) is 2.73. The Bertz CT molecular complexity index is 723. The summed E-state index contributed by atoms with van der Waals surface area (Å²) in [6, 6.07) is 8.11. The van der Waals surface area contributed by atoms with Crippen LogP contribution in [0.3, 0.4) is 0 Å². The Labute approximate surface area is 212 Å². The minimum absolute atomic E-state index is 0. The molecule has 1 rings (SSSR count). The number of amides is 1. The van der Waals surface area contributed by atoms with Gasteiger partial charge in [0.25, 0.3) is 5.91 Å². The van der Waals surface area contributed by atoms with Gasteiger partial charge in [0, 0.05) is 51.9 Å². The molecule has 180 valence electrons. The molecule has 0 aliphatic heterocycles. The summed E-state index contributed by atoms with van der Waals surface area (Å²) in [6.07, 6.45) is 4.67. The number of aliphatic imine (C=N–C) groups is 1. The second kappa shape index (κ2) is 16.7. The number of rotatable bonds is 13. The Morgan fingerprint density at radius 3 is 2.34 bits per heavy atom. The molecule has 0 saturated heterocycles. The summed E-state index contributed by atoms with van der Waals surface area (Å²) in [5.74, 6) is 1.29. The van der Waals surface area contributed by atoms with Crippen LogP contribution in [0, 0.1) is 5.92 Å². The zero-order valence-corrected chi connectivity index (χ0v) is 22.8. The number of carbonyl (C=O) groups excluding carboxylic acids is 1. The summed E-state index contributed by atoms with van der Waals surface area (Å²) >= 11 is 0. The average molecular weight is 556 g/mol. The van der Waals surface area contributed by atoms with E-state index in [2.05, 4.69) is 55.5 Å². The van der Waals surface area contributed by atoms with Crippen molar-refractivity contribution in [1.29, 1.82) is 0 Å². The first-order valence-corrected chi connectivity index (χ1v) is 11.1. The largest absolute Gasteiger partial charge is 0.357 e. The van der Waals surface area contributed by atoms with Crippen molar-refractivity contribution in [3.05, 3.63) is 60.7 Å². The molecule has 0 bridgehead atoms. The van der Waals surface area contributed by atoms with E-state index in [0.29, 0.717) is 24.1 Å². The van der Waals surface area contributed by atoms with Crippen LogP contribution >= 0.6 is 24.0 Å². The fourth-order valence-corrected chi connectivity index (χ4v) is 3.39. The standard InChI is InChI=1S/C25H41N5O.HI/c1-8-16-30(17-9-2)23(20(4)5)19-28-25(26-10-3)27-15-14-21-12-11-13-22(18-21)24(31)29(6)7;/h8-9,11-13,18,20,23H,1-2,10,14-17,19H2,3-7H3,(H2,26,27,28);1H. The number of nitrogens with zero attached hydrogens (tertiary/aromatic N) is 3. The van der Waals surface area contributed by atoms with E-state index in [4.69, 9.17) is 4.99 Å². The molecule has 1 amide bonds. The number of carbonyl (C=O) groups is 1. The number of hydrogen-bond acceptors (Lipinski definition) is 3. The molecule has 0 aliphatic rings. The van der Waals surface area contributed by atoms with Gasteiger partial charge in [-0.1, -0.05) is 38.1 Å². The van der Waals surface area contributed by atoms with E-state index in [1.165, 1.54) is 0 Å². The minimum Gasteiger partial charge on any atom is -0.357 e. The first-order chi connectivity index (χ1) is 14.8. The van der Waals surface area contributed by atoms with Crippen LogP contribution in [-0.2, 0) is 6.42 Å². The molecule has 0 saturated carbocycles. The summed E-state index contributed by atoms with van der Waals surface area (Å²) in [4.78, 5) is 21.0. The van der Waals surface area contributed by atoms with Gasteiger partial charge in [0.1, 0.15) is 0 Å². The van der Waals surface area contributed by atoms with Gasteiger partial charge in [0.15, 0.2) is 5.96 Å². The van der Waals surface area contributed by atoms with Gasteiger partial charge in [-0.15, -0.1) is 37.1 Å². The van der Waals surface area contributed by atoms with Crippen LogP contribution in [-0.4, -0.2) is 74.5 Å². The second-order valence-corrected chi connectivity index (χ2v) is 8.14. The fraction of sp³-hybridized carbons (Fsp3) is 0.520. The van der Waals surface area contributed by atoms with E-state index in [1.54, 1.807) is 19.0 Å². The van der Waals surface area contributed by atoms with Crippen LogP contribution < -0.4 is 10.6 Å². The van der Waals surface area contributed by atoms with Gasteiger partial charge >= 0.3 is 0 Å². The Kier molecular flexibility index (Phi) is 15.7. The molecule has 1 atom stereocenters. The van der Waals surface area contributed by atoms with Crippen molar-refractivity contribution in [1.82, 2.24) is 20.4 Å². The lowest BCUT2D eigenvalue weighted by Gasteiger charge is -2.32. The lowest BCUT2D eigenvalue weighted by molar-refractivity contribution is 0.0827. The van der Waals surface area contributed by atoms with E-state index >= 15 is 0 Å². The molecule has 0 aromatic heterocycles. The highest BCUT2D eigenvalue weighted by atomic mass is 127. The van der Waals surface area contributed by atoms with Crippen molar-refractivity contribution in [3.63, 3.8) is 0 Å². The third-order valence-electron chi connectivity index (χ3n) is 5.03. The van der Waals surface area contributed by atoms with Gasteiger partial charge < -0.3 is 15.5 Å². The Balaban J connectivity index is 0.00000961. The molecule has 32 heavy (non-hydrogen) atoms. The van der Waals surface area contributed by atoms with Gasteiger partial charge in [0.05, 0.1) is 6.54 Å². The van der Waals surface area contributed by atoms with Gasteiger partial charge in [-0.05, 0) is 37.0 Å². The summed E-state index contributed by atoms with van der Waals surface area (Å²) in [5.41, 5.74) is 1.84. The molecule has 0 radical (unpaired) electrons. The summed E-state index contributed by atoms with van der Waals surface area (Å²) < 4.78 is 0. The summed E-state index contributed by atoms with van der Waals surface area (Å²) in [7, 11) is 3.54. The van der Waals surface area contributed by atoms with Gasteiger partial charge in [0.2, 0.25) is 0 Å². The Morgan fingerprint density at radius 1 is 1.16 bits per heavy atom. The number of guanidine groups is 1. The highest BCUT2D eigenvalue weighted by molar-refractivity contribution is 14.0. The van der Waals surface area contributed by atoms with E-state index in [1.807, 2.05) is 30.4 Å². The van der Waals surface area contributed by atoms with E-state index < -0.39 is 0 Å². The van der Waals surface area contributed by atoms with Crippen LogP contribution in [0.4, 0.5) is 0 Å². The maximum atomic E-state index is 12.2. The van der Waals surface area contributed by atoms with Gasteiger partial charge in [-0.2, -0.15) is 0 Å². The third kappa shape index (κ3) is 10.6. The normalized spacial score (nSPS) is 12.2. The van der Waals surface area contributed by atoms with E-state index in [9.17, 15) is 4.79 Å². The highest BCUT2D eigenvalue weighted by Crippen LogP contribution is 2.12. The van der Waals surface area contributed by atoms with Crippen molar-refractivity contribution < 1.29 is 4.79 Å². The molecule has 1 unspecified atom stereocenters. The topological polar surface area (TPSA) is 60.0 Å². The molecule has 7 heteroatoms. The minimum atomic E-state index is 0. The van der Waals surface area contributed by atoms with Crippen LogP contribution in [0.5, 0.6) is 0 Å². The Hall–Kier alpha value is -1.87. The number of halogens is 1. The smallest absolute Gasteiger partial charge is 0.253 e. The summed E-state index contributed by atoms with van der Waals surface area (Å²) in [5, 5.41) is 6.75. The van der Waals surface area contributed by atoms with Crippen LogP contribution in [0.25, 0.3) is 0 Å². The maximum absolute atomic E-state index is 12.2. The molecule has 2 N–H and O–H groups in total. The van der Waals surface area contributed by atoms with Crippen molar-refractivity contribution in [3.8, 4) is 0 Å². The molecule has 6 nitrogen and oxygen atoms in total. The monoisotopic (exact) mass is 555 g/mol. The Morgan fingerprint density at radius 2 is 1.81 bits per heavy atom. The van der Waals surface area contributed by atoms with Crippen LogP contribution in [0.1, 0.15) is 36.7 Å². The highest BCUT2D eigenvalue weighted by Gasteiger charge is 2.20. The second-order valence-electron chi connectivity index (χ2n) is 8.14. The quantitative estimate of drug-likeness (QED) is 0.168. The van der Waals surface area contributed by atoms with Gasteiger partial charge in [-0.3, -0.25) is 14.7 Å². The third-order valence-corrected chi connectivity index (χ3v) is 5.03. The first kappa shape index (κ1) is 30.1. The zero-order chi connectivity index (χ0) is 23.2. The van der Waals surface area contributed by atoms with Crippen molar-refractivity contribution >= 4 is 35.8 Å². The number of nitrogens with one attached hydrogen (secondary N) is 2. The van der Waals surface area contributed by atoms with E-state index in [-0.39, 0.29) is 29.9 Å². The predicted octanol–water partition coefficient (Wildman–Crippen LogP) is 3.80. The fourth-order valence-electron chi connectivity index (χ4n) is 3.39. The lowest BCUT2D eigenvalue weighted by atomic mass is 10.0. The lowest BCUT2D eigenvalue weighted by Crippen LogP contribution is -2.43. The zero-order valence-electron chi connectivity index (χ0n) is 20.4. The molecule has 0 heterocycles. The van der Waals surface area contributed by atoms with Crippen LogP contribution in [0.15, 0.2) is 54.6 Å². The molecule has 1 aromatic carbocycles. The van der Waals surface area contributed by atoms with Crippen LogP contribution in [0.2, 0.25) is 0 Å². The molecule has 0 spiro atoms. The maximum Gasteiger partial charge on any atom is 0.253 e. The van der Waals surface area contributed by atoms with Gasteiger partial charge in [-0.25, -0.2) is 0 Å². The van der Waals surface area contributed by atoms with Crippen molar-refractivity contribution in [2.45, 2.75) is 33.2 Å². The van der Waals surface area contributed by atoms with E-state index in [0.717, 1.165) is 44.1 Å². The predicted molar refractivity (Wildman–Crippen MR) is 148 cm³/mol. The first-order valence-electron chi connectivity index (χ1n) is 11.1. The summed E-state index contributed by atoms with van der Waals surface area (Å²) in [6.45, 7) is 18.1.